The molecule has 1 aliphatic carbocycles. The van der Waals surface area contributed by atoms with Gasteiger partial charge in [0.1, 0.15) is 11.6 Å². The van der Waals surface area contributed by atoms with Crippen molar-refractivity contribution in [2.24, 2.45) is 29.4 Å². The Morgan fingerprint density at radius 2 is 1.95 bits per heavy atom. The van der Waals surface area contributed by atoms with Crippen LogP contribution in [0.2, 0.25) is 0 Å². The van der Waals surface area contributed by atoms with Crippen LogP contribution >= 0.6 is 0 Å². The molecule has 0 aromatic heterocycles. The molecule has 1 saturated carbocycles. The summed E-state index contributed by atoms with van der Waals surface area (Å²) in [6, 6.07) is 3.74. The summed E-state index contributed by atoms with van der Waals surface area (Å²) in [6.07, 6.45) is 4.01. The highest BCUT2D eigenvalue weighted by molar-refractivity contribution is 5.19. The summed E-state index contributed by atoms with van der Waals surface area (Å²) < 4.78 is 27.1. The zero-order valence-electron chi connectivity index (χ0n) is 12.4. The number of rotatable bonds is 4. The Hall–Kier alpha value is -0.960. The van der Waals surface area contributed by atoms with Gasteiger partial charge < -0.3 is 5.73 Å². The Kier molecular flexibility index (Phi) is 5.14. The molecule has 0 amide bonds. The van der Waals surface area contributed by atoms with Gasteiger partial charge in [0.2, 0.25) is 0 Å². The summed E-state index contributed by atoms with van der Waals surface area (Å²) in [6.45, 7) is 5.13. The highest BCUT2D eigenvalue weighted by Gasteiger charge is 2.31. The van der Waals surface area contributed by atoms with Crippen LogP contribution in [0.3, 0.4) is 0 Å². The third kappa shape index (κ3) is 3.57. The SMILES string of the molecule is CC(C)C1CCC(CN)C(Cc2cc(F)ccc2F)C1. The first-order valence-corrected chi connectivity index (χ1v) is 7.65. The minimum Gasteiger partial charge on any atom is -0.330 e. The number of hydrogen-bond donors (Lipinski definition) is 1. The van der Waals surface area contributed by atoms with E-state index in [0.29, 0.717) is 42.2 Å². The number of nitrogens with two attached hydrogens (primary N) is 1. The van der Waals surface area contributed by atoms with Gasteiger partial charge in [0.05, 0.1) is 0 Å². The topological polar surface area (TPSA) is 26.0 Å². The van der Waals surface area contributed by atoms with E-state index in [2.05, 4.69) is 13.8 Å². The van der Waals surface area contributed by atoms with Crippen molar-refractivity contribution in [2.45, 2.75) is 39.5 Å². The van der Waals surface area contributed by atoms with E-state index in [1.54, 1.807) is 0 Å². The van der Waals surface area contributed by atoms with Gasteiger partial charge in [-0.15, -0.1) is 0 Å². The van der Waals surface area contributed by atoms with E-state index < -0.39 is 0 Å². The van der Waals surface area contributed by atoms with Crippen LogP contribution in [0.4, 0.5) is 8.78 Å². The fourth-order valence-electron chi connectivity index (χ4n) is 3.51. The second kappa shape index (κ2) is 6.66. The van der Waals surface area contributed by atoms with Crippen molar-refractivity contribution < 1.29 is 8.78 Å². The summed E-state index contributed by atoms with van der Waals surface area (Å²) >= 11 is 0. The maximum Gasteiger partial charge on any atom is 0.126 e. The maximum absolute atomic E-state index is 13.8. The third-order valence-electron chi connectivity index (χ3n) is 4.92. The minimum absolute atomic E-state index is 0.297. The molecule has 0 aliphatic heterocycles. The van der Waals surface area contributed by atoms with E-state index in [1.807, 2.05) is 0 Å². The largest absolute Gasteiger partial charge is 0.330 e. The zero-order chi connectivity index (χ0) is 14.7. The minimum atomic E-state index is -0.359. The first-order valence-electron chi connectivity index (χ1n) is 7.65. The predicted octanol–water partition coefficient (Wildman–Crippen LogP) is 4.15. The zero-order valence-corrected chi connectivity index (χ0v) is 12.4. The molecule has 0 saturated heterocycles. The van der Waals surface area contributed by atoms with Gasteiger partial charge >= 0.3 is 0 Å². The lowest BCUT2D eigenvalue weighted by atomic mass is 9.69. The normalized spacial score (nSPS) is 27.0. The molecule has 1 aromatic rings. The molecule has 20 heavy (non-hydrogen) atoms. The molecule has 1 nitrogen and oxygen atoms in total. The van der Waals surface area contributed by atoms with Gasteiger partial charge in [0.15, 0.2) is 0 Å². The average Bonchev–Trinajstić information content (AvgIpc) is 2.42. The van der Waals surface area contributed by atoms with E-state index in [1.165, 1.54) is 24.6 Å². The quantitative estimate of drug-likeness (QED) is 0.881. The molecule has 0 radical (unpaired) electrons. The van der Waals surface area contributed by atoms with Crippen molar-refractivity contribution in [1.29, 1.82) is 0 Å². The molecule has 1 aromatic carbocycles. The molecule has 0 heterocycles. The van der Waals surface area contributed by atoms with Crippen LogP contribution in [0.1, 0.15) is 38.7 Å². The van der Waals surface area contributed by atoms with Crippen molar-refractivity contribution in [2.75, 3.05) is 6.54 Å². The van der Waals surface area contributed by atoms with Gasteiger partial charge in [-0.25, -0.2) is 8.78 Å². The summed E-state index contributed by atoms with van der Waals surface area (Å²) in [4.78, 5) is 0. The van der Waals surface area contributed by atoms with Gasteiger partial charge in [-0.1, -0.05) is 13.8 Å². The van der Waals surface area contributed by atoms with Crippen molar-refractivity contribution in [3.8, 4) is 0 Å². The second-order valence-corrected chi connectivity index (χ2v) is 6.51. The number of hydrogen-bond acceptors (Lipinski definition) is 1. The standard InChI is InChI=1S/C17H25F2N/c1-11(2)12-3-4-13(10-20)14(7-12)8-15-9-16(18)5-6-17(15)19/h5-6,9,11-14H,3-4,7-8,10,20H2,1-2H3. The second-order valence-electron chi connectivity index (χ2n) is 6.51. The van der Waals surface area contributed by atoms with Crippen LogP contribution in [0.25, 0.3) is 0 Å². The first-order chi connectivity index (χ1) is 9.51. The van der Waals surface area contributed by atoms with E-state index >= 15 is 0 Å². The predicted molar refractivity (Wildman–Crippen MR) is 78.3 cm³/mol. The lowest BCUT2D eigenvalue weighted by Crippen LogP contribution is -2.33. The fraction of sp³-hybridized carbons (Fsp3) is 0.647. The Balaban J connectivity index is 2.13. The summed E-state index contributed by atoms with van der Waals surface area (Å²) in [5, 5.41) is 0. The fourth-order valence-corrected chi connectivity index (χ4v) is 3.51. The van der Waals surface area contributed by atoms with Crippen LogP contribution in [-0.2, 0) is 6.42 Å². The molecular weight excluding hydrogens is 256 g/mol. The van der Waals surface area contributed by atoms with E-state index in [9.17, 15) is 8.78 Å². The van der Waals surface area contributed by atoms with Crippen molar-refractivity contribution in [1.82, 2.24) is 0 Å². The Bertz CT molecular complexity index is 445. The molecule has 112 valence electrons. The average molecular weight is 281 g/mol. The molecule has 1 aliphatic rings. The highest BCUT2D eigenvalue weighted by Crippen LogP contribution is 2.39. The first kappa shape index (κ1) is 15.4. The van der Waals surface area contributed by atoms with Gasteiger partial charge in [-0.2, -0.15) is 0 Å². The third-order valence-corrected chi connectivity index (χ3v) is 4.92. The number of halogens is 2. The van der Waals surface area contributed by atoms with E-state index in [4.69, 9.17) is 5.73 Å². The highest BCUT2D eigenvalue weighted by atomic mass is 19.1. The summed E-state index contributed by atoms with van der Waals surface area (Å²) in [5.41, 5.74) is 6.37. The molecule has 1 fully saturated rings. The van der Waals surface area contributed by atoms with Crippen molar-refractivity contribution >= 4 is 0 Å². The molecule has 3 atom stereocenters. The summed E-state index contributed by atoms with van der Waals surface area (Å²) in [5.74, 6) is 1.48. The molecule has 2 rings (SSSR count). The summed E-state index contributed by atoms with van der Waals surface area (Å²) in [7, 11) is 0. The molecular formula is C17H25F2N. The monoisotopic (exact) mass is 281 g/mol. The molecule has 2 N–H and O–H groups in total. The maximum atomic E-state index is 13.8. The lowest BCUT2D eigenvalue weighted by Gasteiger charge is -2.37. The molecule has 3 heteroatoms. The van der Waals surface area contributed by atoms with Gasteiger partial charge in [0.25, 0.3) is 0 Å². The Morgan fingerprint density at radius 3 is 2.60 bits per heavy atom. The molecule has 0 spiro atoms. The van der Waals surface area contributed by atoms with Crippen molar-refractivity contribution in [3.05, 3.63) is 35.4 Å². The van der Waals surface area contributed by atoms with Gasteiger partial charge in [-0.3, -0.25) is 0 Å². The van der Waals surface area contributed by atoms with Crippen molar-refractivity contribution in [3.63, 3.8) is 0 Å². The Morgan fingerprint density at radius 1 is 1.20 bits per heavy atom. The van der Waals surface area contributed by atoms with Crippen LogP contribution in [-0.4, -0.2) is 6.54 Å². The Labute approximate surface area is 120 Å². The number of benzene rings is 1. The lowest BCUT2D eigenvalue weighted by molar-refractivity contribution is 0.150. The smallest absolute Gasteiger partial charge is 0.126 e. The van der Waals surface area contributed by atoms with Crippen LogP contribution in [0.5, 0.6) is 0 Å². The van der Waals surface area contributed by atoms with Gasteiger partial charge in [0, 0.05) is 0 Å². The molecule has 0 bridgehead atoms. The van der Waals surface area contributed by atoms with E-state index in [0.717, 1.165) is 12.8 Å². The van der Waals surface area contributed by atoms with Crippen LogP contribution in [0.15, 0.2) is 18.2 Å². The van der Waals surface area contributed by atoms with Gasteiger partial charge in [-0.05, 0) is 79.7 Å². The van der Waals surface area contributed by atoms with Crippen LogP contribution < -0.4 is 5.73 Å². The molecule has 3 unspecified atom stereocenters. The van der Waals surface area contributed by atoms with Crippen LogP contribution in [0, 0.1) is 35.3 Å². The van der Waals surface area contributed by atoms with E-state index in [-0.39, 0.29) is 11.6 Å².